The number of unbranched alkanes of at least 4 members (excludes halogenated alkanes) is 9. The first-order chi connectivity index (χ1) is 11.1. The number of aliphatic hydroxyl groups is 2. The van der Waals surface area contributed by atoms with Gasteiger partial charge in [-0.2, -0.15) is 0 Å². The van der Waals surface area contributed by atoms with Crippen LogP contribution in [0.4, 0.5) is 0 Å². The molecule has 3 N–H and O–H groups in total. The molecule has 138 valence electrons. The Morgan fingerprint density at radius 3 is 1.91 bits per heavy atom. The summed E-state index contributed by atoms with van der Waals surface area (Å²) in [5.74, 6) is 0. The Morgan fingerprint density at radius 1 is 0.870 bits per heavy atom. The predicted octanol–water partition coefficient (Wildman–Crippen LogP) is 4.55. The monoisotopic (exact) mass is 327 g/mol. The van der Waals surface area contributed by atoms with Crippen LogP contribution >= 0.6 is 0 Å². The van der Waals surface area contributed by atoms with Crippen molar-refractivity contribution in [2.45, 2.75) is 128 Å². The molecule has 0 aromatic rings. The molecule has 0 aliphatic carbocycles. The first-order valence-electron chi connectivity index (χ1n) is 10.2. The minimum atomic E-state index is -0.140. The van der Waals surface area contributed by atoms with Gasteiger partial charge in [-0.05, 0) is 39.5 Å². The third kappa shape index (κ3) is 11.1. The molecule has 4 atom stereocenters. The van der Waals surface area contributed by atoms with Gasteiger partial charge in [0.1, 0.15) is 0 Å². The third-order valence-corrected chi connectivity index (χ3v) is 5.31. The van der Waals surface area contributed by atoms with Crippen LogP contribution in [0.2, 0.25) is 0 Å². The number of piperidine rings is 1. The molecule has 4 unspecified atom stereocenters. The number of hydrogen-bond donors (Lipinski definition) is 3. The van der Waals surface area contributed by atoms with Gasteiger partial charge in [-0.1, -0.05) is 64.2 Å². The maximum Gasteiger partial charge on any atom is 0.0691 e. The van der Waals surface area contributed by atoms with Gasteiger partial charge in [-0.25, -0.2) is 0 Å². The highest BCUT2D eigenvalue weighted by Crippen LogP contribution is 2.18. The molecule has 3 nitrogen and oxygen atoms in total. The first-order valence-corrected chi connectivity index (χ1v) is 10.2. The van der Waals surface area contributed by atoms with Crippen molar-refractivity contribution in [1.29, 1.82) is 0 Å². The topological polar surface area (TPSA) is 52.5 Å². The van der Waals surface area contributed by atoms with Crippen molar-refractivity contribution in [3.63, 3.8) is 0 Å². The minimum absolute atomic E-state index is 0.118. The minimum Gasteiger partial charge on any atom is -0.393 e. The highest BCUT2D eigenvalue weighted by Gasteiger charge is 2.24. The zero-order valence-corrected chi connectivity index (χ0v) is 15.6. The average Bonchev–Trinajstić information content (AvgIpc) is 2.51. The van der Waals surface area contributed by atoms with Crippen LogP contribution in [0.15, 0.2) is 0 Å². The lowest BCUT2D eigenvalue weighted by Crippen LogP contribution is -2.48. The molecule has 0 saturated carbocycles. The van der Waals surface area contributed by atoms with Gasteiger partial charge in [0.2, 0.25) is 0 Å². The van der Waals surface area contributed by atoms with E-state index >= 15 is 0 Å². The standard InChI is InChI=1S/C20H41NO2/c1-17(22)13-11-9-7-5-3-4-6-8-10-12-14-19-15-16-20(23)18(2)21-19/h17-23H,3-16H2,1-2H3. The Kier molecular flexibility index (Phi) is 12.0. The molecular formula is C20H41NO2. The smallest absolute Gasteiger partial charge is 0.0691 e. The Hall–Kier alpha value is -0.120. The Labute approximate surface area is 144 Å². The van der Waals surface area contributed by atoms with Gasteiger partial charge in [-0.3, -0.25) is 0 Å². The second kappa shape index (κ2) is 13.2. The molecule has 0 aromatic heterocycles. The van der Waals surface area contributed by atoms with Crippen LogP contribution in [0.1, 0.15) is 104 Å². The quantitative estimate of drug-likeness (QED) is 0.435. The fraction of sp³-hybridized carbons (Fsp3) is 1.00. The fourth-order valence-electron chi connectivity index (χ4n) is 3.66. The van der Waals surface area contributed by atoms with E-state index in [1.165, 1.54) is 70.6 Å². The maximum atomic E-state index is 9.71. The van der Waals surface area contributed by atoms with Crippen LogP contribution < -0.4 is 5.32 Å². The normalized spacial score (nSPS) is 26.3. The summed E-state index contributed by atoms with van der Waals surface area (Å²) in [7, 11) is 0. The summed E-state index contributed by atoms with van der Waals surface area (Å²) < 4.78 is 0. The van der Waals surface area contributed by atoms with Gasteiger partial charge < -0.3 is 15.5 Å². The van der Waals surface area contributed by atoms with Gasteiger partial charge in [0.15, 0.2) is 0 Å². The molecule has 0 bridgehead atoms. The van der Waals surface area contributed by atoms with E-state index in [0.717, 1.165) is 19.3 Å². The Bertz CT molecular complexity index is 270. The fourth-order valence-corrected chi connectivity index (χ4v) is 3.66. The second-order valence-electron chi connectivity index (χ2n) is 7.76. The van der Waals surface area contributed by atoms with Gasteiger partial charge >= 0.3 is 0 Å². The van der Waals surface area contributed by atoms with Crippen molar-refractivity contribution in [1.82, 2.24) is 5.32 Å². The molecule has 1 rings (SSSR count). The Balaban J connectivity index is 1.78. The van der Waals surface area contributed by atoms with E-state index < -0.39 is 0 Å². The van der Waals surface area contributed by atoms with Crippen molar-refractivity contribution in [3.05, 3.63) is 0 Å². The summed E-state index contributed by atoms with van der Waals surface area (Å²) in [5.41, 5.74) is 0. The molecule has 1 fully saturated rings. The van der Waals surface area contributed by atoms with Crippen molar-refractivity contribution in [2.24, 2.45) is 0 Å². The summed E-state index contributed by atoms with van der Waals surface area (Å²) >= 11 is 0. The maximum absolute atomic E-state index is 9.71. The predicted molar refractivity (Wildman–Crippen MR) is 98.7 cm³/mol. The van der Waals surface area contributed by atoms with Gasteiger partial charge in [0, 0.05) is 12.1 Å². The van der Waals surface area contributed by atoms with Crippen LogP contribution in [-0.4, -0.2) is 34.5 Å². The summed E-state index contributed by atoms with van der Waals surface area (Å²) in [6.07, 6.45) is 17.5. The molecule has 1 aliphatic heterocycles. The molecular weight excluding hydrogens is 286 g/mol. The third-order valence-electron chi connectivity index (χ3n) is 5.31. The number of nitrogens with one attached hydrogen (secondary N) is 1. The molecule has 1 saturated heterocycles. The lowest BCUT2D eigenvalue weighted by molar-refractivity contribution is 0.0849. The van der Waals surface area contributed by atoms with Crippen LogP contribution in [0.25, 0.3) is 0 Å². The SMILES string of the molecule is CC(O)CCCCCCCCCCCCC1CCC(O)C(C)N1. The highest BCUT2D eigenvalue weighted by molar-refractivity contribution is 4.83. The first kappa shape index (κ1) is 20.9. The number of hydrogen-bond acceptors (Lipinski definition) is 3. The number of aliphatic hydroxyl groups excluding tert-OH is 2. The van der Waals surface area contributed by atoms with Gasteiger partial charge in [0.25, 0.3) is 0 Å². The molecule has 0 amide bonds. The van der Waals surface area contributed by atoms with Crippen LogP contribution in [0.5, 0.6) is 0 Å². The van der Waals surface area contributed by atoms with E-state index in [2.05, 4.69) is 12.2 Å². The van der Waals surface area contributed by atoms with Crippen molar-refractivity contribution in [3.8, 4) is 0 Å². The molecule has 1 aliphatic rings. The average molecular weight is 328 g/mol. The van der Waals surface area contributed by atoms with Crippen LogP contribution in [-0.2, 0) is 0 Å². The molecule has 1 heterocycles. The largest absolute Gasteiger partial charge is 0.393 e. The summed E-state index contributed by atoms with van der Waals surface area (Å²) in [5, 5.41) is 22.4. The van der Waals surface area contributed by atoms with E-state index in [9.17, 15) is 10.2 Å². The zero-order valence-electron chi connectivity index (χ0n) is 15.6. The molecule has 0 radical (unpaired) electrons. The van der Waals surface area contributed by atoms with Gasteiger partial charge in [-0.15, -0.1) is 0 Å². The van der Waals surface area contributed by atoms with E-state index in [1.54, 1.807) is 0 Å². The molecule has 23 heavy (non-hydrogen) atoms. The van der Waals surface area contributed by atoms with Gasteiger partial charge in [0.05, 0.1) is 12.2 Å². The van der Waals surface area contributed by atoms with Crippen molar-refractivity contribution >= 4 is 0 Å². The van der Waals surface area contributed by atoms with Crippen molar-refractivity contribution < 1.29 is 10.2 Å². The van der Waals surface area contributed by atoms with Crippen molar-refractivity contribution in [2.75, 3.05) is 0 Å². The molecule has 0 aromatic carbocycles. The zero-order chi connectivity index (χ0) is 16.9. The van der Waals surface area contributed by atoms with E-state index in [0.29, 0.717) is 6.04 Å². The lowest BCUT2D eigenvalue weighted by atomic mass is 9.93. The van der Waals surface area contributed by atoms with E-state index in [-0.39, 0.29) is 18.2 Å². The summed E-state index contributed by atoms with van der Waals surface area (Å²) in [6.45, 7) is 3.98. The summed E-state index contributed by atoms with van der Waals surface area (Å²) in [6, 6.07) is 0.907. The highest BCUT2D eigenvalue weighted by atomic mass is 16.3. The van der Waals surface area contributed by atoms with Crippen LogP contribution in [0.3, 0.4) is 0 Å². The molecule has 3 heteroatoms. The van der Waals surface area contributed by atoms with E-state index in [1.807, 2.05) is 6.92 Å². The number of rotatable bonds is 13. The van der Waals surface area contributed by atoms with Crippen LogP contribution in [0, 0.1) is 0 Å². The summed E-state index contributed by atoms with van der Waals surface area (Å²) in [4.78, 5) is 0. The van der Waals surface area contributed by atoms with E-state index in [4.69, 9.17) is 0 Å². The Morgan fingerprint density at radius 2 is 1.39 bits per heavy atom. The lowest BCUT2D eigenvalue weighted by Gasteiger charge is -2.32. The molecule has 0 spiro atoms. The second-order valence-corrected chi connectivity index (χ2v) is 7.76.